The Balaban J connectivity index is 1.91. The molecule has 0 amide bonds. The van der Waals surface area contributed by atoms with Crippen LogP contribution in [0.25, 0.3) is 0 Å². The Morgan fingerprint density at radius 1 is 1.38 bits per heavy atom. The molecule has 5 nitrogen and oxygen atoms in total. The van der Waals surface area contributed by atoms with Gasteiger partial charge in [0.15, 0.2) is 6.61 Å². The van der Waals surface area contributed by atoms with Crippen LogP contribution in [0, 0.1) is 5.92 Å². The Labute approximate surface area is 75.9 Å². The monoisotopic (exact) mass is 188 g/mol. The lowest BCUT2D eigenvalue weighted by molar-refractivity contribution is -0.455. The first kappa shape index (κ1) is 8.93. The molecule has 0 saturated carbocycles. The van der Waals surface area contributed by atoms with Crippen LogP contribution in [0.3, 0.4) is 0 Å². The molecule has 0 N–H and O–H groups in total. The van der Waals surface area contributed by atoms with E-state index in [0.29, 0.717) is 25.7 Å². The molecule has 13 heavy (non-hydrogen) atoms. The standard InChI is InChI=1S/C8H12O5/c1-6(9)10-5-8-11-2-7(3-12-8)4-13-8/h7H,2-5H2,1H3. The lowest BCUT2D eigenvalue weighted by Crippen LogP contribution is -2.56. The summed E-state index contributed by atoms with van der Waals surface area (Å²) in [5.74, 6) is -1.17. The molecule has 5 heteroatoms. The molecule has 3 heterocycles. The van der Waals surface area contributed by atoms with Crippen LogP contribution in [0.15, 0.2) is 0 Å². The van der Waals surface area contributed by atoms with E-state index in [9.17, 15) is 4.79 Å². The third-order valence-corrected chi connectivity index (χ3v) is 2.07. The van der Waals surface area contributed by atoms with Crippen molar-refractivity contribution in [1.82, 2.24) is 0 Å². The lowest BCUT2D eigenvalue weighted by Gasteiger charge is -2.44. The summed E-state index contributed by atoms with van der Waals surface area (Å²) in [4.78, 5) is 10.6. The fourth-order valence-electron chi connectivity index (χ4n) is 1.32. The summed E-state index contributed by atoms with van der Waals surface area (Å²) in [6, 6.07) is 0. The minimum absolute atomic E-state index is 0.00898. The summed E-state index contributed by atoms with van der Waals surface area (Å²) in [6.07, 6.45) is 0. The second kappa shape index (κ2) is 3.25. The molecular formula is C8H12O5. The van der Waals surface area contributed by atoms with Gasteiger partial charge in [0.05, 0.1) is 19.8 Å². The van der Waals surface area contributed by atoms with E-state index in [1.807, 2.05) is 0 Å². The summed E-state index contributed by atoms with van der Waals surface area (Å²) >= 11 is 0. The van der Waals surface area contributed by atoms with Crippen molar-refractivity contribution in [2.75, 3.05) is 26.4 Å². The van der Waals surface area contributed by atoms with Crippen molar-refractivity contribution >= 4 is 5.97 Å². The highest BCUT2D eigenvalue weighted by atomic mass is 16.9. The van der Waals surface area contributed by atoms with Gasteiger partial charge in [0.2, 0.25) is 0 Å². The summed E-state index contributed by atoms with van der Waals surface area (Å²) in [5, 5.41) is 0. The largest absolute Gasteiger partial charge is 0.457 e. The highest BCUT2D eigenvalue weighted by molar-refractivity contribution is 5.65. The molecule has 0 aromatic rings. The average molecular weight is 188 g/mol. The molecule has 3 aliphatic rings. The van der Waals surface area contributed by atoms with Crippen molar-refractivity contribution < 1.29 is 23.7 Å². The SMILES string of the molecule is CC(=O)OCC12OCC(CO1)CO2. The number of carbonyl (C=O) groups is 1. The number of esters is 1. The predicted octanol–water partition coefficient (Wildman–Crippen LogP) is -0.104. The minimum atomic E-state index is -1.12. The van der Waals surface area contributed by atoms with Crippen LogP contribution < -0.4 is 0 Å². The molecular weight excluding hydrogens is 176 g/mol. The van der Waals surface area contributed by atoms with Crippen molar-refractivity contribution in [2.24, 2.45) is 5.92 Å². The maximum atomic E-state index is 10.6. The topological polar surface area (TPSA) is 54.0 Å². The van der Waals surface area contributed by atoms with Crippen LogP contribution in [-0.2, 0) is 23.7 Å². The predicted molar refractivity (Wildman–Crippen MR) is 40.7 cm³/mol. The highest BCUT2D eigenvalue weighted by Crippen LogP contribution is 2.30. The van der Waals surface area contributed by atoms with Crippen molar-refractivity contribution in [2.45, 2.75) is 12.9 Å². The van der Waals surface area contributed by atoms with Gasteiger partial charge in [-0.15, -0.1) is 0 Å². The summed E-state index contributed by atoms with van der Waals surface area (Å²) in [6.45, 7) is 3.18. The Bertz CT molecular complexity index is 193. The van der Waals surface area contributed by atoms with Gasteiger partial charge < -0.3 is 18.9 Å². The molecule has 2 bridgehead atoms. The van der Waals surface area contributed by atoms with Crippen molar-refractivity contribution in [3.05, 3.63) is 0 Å². The molecule has 0 aromatic heterocycles. The number of hydrogen-bond acceptors (Lipinski definition) is 5. The maximum absolute atomic E-state index is 10.6. The second-order valence-corrected chi connectivity index (χ2v) is 3.26. The van der Waals surface area contributed by atoms with Crippen LogP contribution in [0.4, 0.5) is 0 Å². The molecule has 0 aliphatic carbocycles. The van der Waals surface area contributed by atoms with Crippen molar-refractivity contribution in [3.63, 3.8) is 0 Å². The normalized spacial score (nSPS) is 37.5. The van der Waals surface area contributed by atoms with E-state index in [4.69, 9.17) is 18.9 Å². The zero-order valence-corrected chi connectivity index (χ0v) is 7.45. The molecule has 3 aliphatic heterocycles. The van der Waals surface area contributed by atoms with Gasteiger partial charge in [-0.25, -0.2) is 0 Å². The van der Waals surface area contributed by atoms with Gasteiger partial charge in [0.25, 0.3) is 0 Å². The van der Waals surface area contributed by atoms with E-state index in [-0.39, 0.29) is 12.6 Å². The van der Waals surface area contributed by atoms with E-state index >= 15 is 0 Å². The van der Waals surface area contributed by atoms with E-state index in [2.05, 4.69) is 0 Å². The zero-order valence-electron chi connectivity index (χ0n) is 7.45. The average Bonchev–Trinajstić information content (AvgIpc) is 2.18. The molecule has 0 aromatic carbocycles. The minimum Gasteiger partial charge on any atom is -0.457 e. The number of ether oxygens (including phenoxy) is 4. The number of carbonyl (C=O) groups excluding carboxylic acids is 1. The van der Waals surface area contributed by atoms with Gasteiger partial charge in [-0.3, -0.25) is 4.79 Å². The van der Waals surface area contributed by atoms with Crippen LogP contribution in [0.1, 0.15) is 6.92 Å². The molecule has 0 unspecified atom stereocenters. The summed E-state index contributed by atoms with van der Waals surface area (Å²) in [7, 11) is 0. The Hall–Kier alpha value is -0.650. The fraction of sp³-hybridized carbons (Fsp3) is 0.875. The first-order valence-corrected chi connectivity index (χ1v) is 4.25. The van der Waals surface area contributed by atoms with E-state index in [0.717, 1.165) is 0 Å². The van der Waals surface area contributed by atoms with Crippen molar-refractivity contribution in [3.8, 4) is 0 Å². The molecule has 3 saturated heterocycles. The Morgan fingerprint density at radius 3 is 2.38 bits per heavy atom. The fourth-order valence-corrected chi connectivity index (χ4v) is 1.32. The van der Waals surface area contributed by atoms with Gasteiger partial charge in [0.1, 0.15) is 0 Å². The molecule has 3 rings (SSSR count). The third kappa shape index (κ3) is 1.82. The first-order valence-electron chi connectivity index (χ1n) is 4.25. The molecule has 0 atom stereocenters. The van der Waals surface area contributed by atoms with Gasteiger partial charge in [-0.1, -0.05) is 0 Å². The summed E-state index contributed by atoms with van der Waals surface area (Å²) in [5.41, 5.74) is 0. The van der Waals surface area contributed by atoms with E-state index < -0.39 is 5.97 Å². The van der Waals surface area contributed by atoms with Crippen LogP contribution in [-0.4, -0.2) is 38.4 Å². The Kier molecular flexibility index (Phi) is 2.23. The molecule has 0 radical (unpaired) electrons. The van der Waals surface area contributed by atoms with Gasteiger partial charge in [0, 0.05) is 12.8 Å². The van der Waals surface area contributed by atoms with Gasteiger partial charge >= 0.3 is 11.9 Å². The van der Waals surface area contributed by atoms with Gasteiger partial charge in [-0.05, 0) is 0 Å². The Morgan fingerprint density at radius 2 is 1.92 bits per heavy atom. The number of fused-ring (bicyclic) bond motifs is 3. The quantitative estimate of drug-likeness (QED) is 0.566. The molecule has 0 spiro atoms. The molecule has 3 fully saturated rings. The highest BCUT2D eigenvalue weighted by Gasteiger charge is 2.45. The smallest absolute Gasteiger partial charge is 0.319 e. The lowest BCUT2D eigenvalue weighted by atomic mass is 10.1. The summed E-state index contributed by atoms with van der Waals surface area (Å²) < 4.78 is 20.7. The van der Waals surface area contributed by atoms with Gasteiger partial charge in [-0.2, -0.15) is 0 Å². The van der Waals surface area contributed by atoms with E-state index in [1.165, 1.54) is 6.92 Å². The van der Waals surface area contributed by atoms with Crippen LogP contribution in [0.2, 0.25) is 0 Å². The van der Waals surface area contributed by atoms with Crippen molar-refractivity contribution in [1.29, 1.82) is 0 Å². The number of hydrogen-bond donors (Lipinski definition) is 0. The number of rotatable bonds is 2. The van der Waals surface area contributed by atoms with Crippen LogP contribution >= 0.6 is 0 Å². The van der Waals surface area contributed by atoms with Crippen LogP contribution in [0.5, 0.6) is 0 Å². The first-order chi connectivity index (χ1) is 6.20. The zero-order chi connectivity index (χ0) is 9.31. The van der Waals surface area contributed by atoms with E-state index in [1.54, 1.807) is 0 Å². The third-order valence-electron chi connectivity index (χ3n) is 2.07. The molecule has 74 valence electrons. The second-order valence-electron chi connectivity index (χ2n) is 3.26. The maximum Gasteiger partial charge on any atom is 0.319 e.